The van der Waals surface area contributed by atoms with Crippen LogP contribution in [-0.2, 0) is 0 Å². The van der Waals surface area contributed by atoms with E-state index in [0.29, 0.717) is 5.92 Å². The maximum absolute atomic E-state index is 4.14. The Morgan fingerprint density at radius 3 is 2.60 bits per heavy atom. The third kappa shape index (κ3) is 2.04. The molecule has 0 amide bonds. The number of hydrogen-bond donors (Lipinski definition) is 0. The number of fused-ring (bicyclic) bond motifs is 1. The molecule has 15 heavy (non-hydrogen) atoms. The van der Waals surface area contributed by atoms with Crippen LogP contribution in [0.5, 0.6) is 0 Å². The largest absolute Gasteiger partial charge is 0.0995 e. The molecule has 0 aromatic carbocycles. The van der Waals surface area contributed by atoms with Gasteiger partial charge >= 0.3 is 0 Å². The van der Waals surface area contributed by atoms with Crippen molar-refractivity contribution >= 4 is 0 Å². The second-order valence-corrected chi connectivity index (χ2v) is 5.76. The van der Waals surface area contributed by atoms with Crippen molar-refractivity contribution in [1.29, 1.82) is 0 Å². The molecule has 84 valence electrons. The van der Waals surface area contributed by atoms with Gasteiger partial charge in [-0.25, -0.2) is 0 Å². The monoisotopic (exact) mass is 204 g/mol. The zero-order valence-electron chi connectivity index (χ0n) is 10.4. The highest BCUT2D eigenvalue weighted by molar-refractivity contribution is 5.22. The van der Waals surface area contributed by atoms with Crippen LogP contribution in [0.25, 0.3) is 0 Å². The molecule has 0 aliphatic heterocycles. The van der Waals surface area contributed by atoms with Crippen molar-refractivity contribution in [3.05, 3.63) is 23.8 Å². The van der Waals surface area contributed by atoms with E-state index in [-0.39, 0.29) is 0 Å². The summed E-state index contributed by atoms with van der Waals surface area (Å²) in [4.78, 5) is 0. The molecule has 0 saturated heterocycles. The Morgan fingerprint density at radius 2 is 1.93 bits per heavy atom. The quantitative estimate of drug-likeness (QED) is 0.548. The van der Waals surface area contributed by atoms with Crippen LogP contribution in [0.3, 0.4) is 0 Å². The molecule has 1 saturated carbocycles. The minimum Gasteiger partial charge on any atom is -0.0995 e. The first-order chi connectivity index (χ1) is 7.09. The molecule has 4 atom stereocenters. The molecule has 0 aromatic rings. The van der Waals surface area contributed by atoms with Crippen molar-refractivity contribution in [1.82, 2.24) is 0 Å². The van der Waals surface area contributed by atoms with Gasteiger partial charge in [0.25, 0.3) is 0 Å². The summed E-state index contributed by atoms with van der Waals surface area (Å²) in [7, 11) is 0. The van der Waals surface area contributed by atoms with E-state index in [2.05, 4.69) is 33.4 Å². The highest BCUT2D eigenvalue weighted by Crippen LogP contribution is 2.45. The van der Waals surface area contributed by atoms with E-state index in [1.165, 1.54) is 31.3 Å². The second kappa shape index (κ2) is 4.15. The highest BCUT2D eigenvalue weighted by atomic mass is 14.4. The summed E-state index contributed by atoms with van der Waals surface area (Å²) in [6.07, 6.45) is 8.10. The van der Waals surface area contributed by atoms with Crippen molar-refractivity contribution in [2.24, 2.45) is 23.7 Å². The SMILES string of the molecule is C=C(C)[C@@H]1C=C2[C@@H](CC[C@@H]2C)[C@@H](C)CC1. The van der Waals surface area contributed by atoms with Crippen LogP contribution in [0.2, 0.25) is 0 Å². The molecule has 0 heterocycles. The molecule has 2 rings (SSSR count). The van der Waals surface area contributed by atoms with Crippen LogP contribution < -0.4 is 0 Å². The molecule has 0 unspecified atom stereocenters. The maximum atomic E-state index is 4.14. The van der Waals surface area contributed by atoms with Gasteiger partial charge in [0.05, 0.1) is 0 Å². The lowest BCUT2D eigenvalue weighted by molar-refractivity contribution is 0.384. The fourth-order valence-electron chi connectivity index (χ4n) is 3.38. The Bertz CT molecular complexity index is 284. The van der Waals surface area contributed by atoms with Gasteiger partial charge < -0.3 is 0 Å². The summed E-state index contributed by atoms with van der Waals surface area (Å²) in [5, 5.41) is 0. The normalized spacial score (nSPS) is 40.6. The lowest BCUT2D eigenvalue weighted by Crippen LogP contribution is -2.09. The zero-order chi connectivity index (χ0) is 11.0. The van der Waals surface area contributed by atoms with Crippen molar-refractivity contribution in [3.63, 3.8) is 0 Å². The summed E-state index contributed by atoms with van der Waals surface area (Å²) in [5.41, 5.74) is 3.11. The van der Waals surface area contributed by atoms with Crippen LogP contribution in [0, 0.1) is 23.7 Å². The number of rotatable bonds is 1. The molecule has 0 spiro atoms. The van der Waals surface area contributed by atoms with Gasteiger partial charge in [-0.3, -0.25) is 0 Å². The Kier molecular flexibility index (Phi) is 3.04. The summed E-state index contributed by atoms with van der Waals surface area (Å²) in [6, 6.07) is 0. The van der Waals surface area contributed by atoms with Gasteiger partial charge in [-0.15, -0.1) is 0 Å². The predicted molar refractivity (Wildman–Crippen MR) is 66.7 cm³/mol. The van der Waals surface area contributed by atoms with Crippen molar-refractivity contribution in [2.45, 2.75) is 46.5 Å². The topological polar surface area (TPSA) is 0 Å². The predicted octanol–water partition coefficient (Wildman–Crippen LogP) is 4.58. The molecule has 2 aliphatic carbocycles. The average molecular weight is 204 g/mol. The lowest BCUT2D eigenvalue weighted by Gasteiger charge is -2.18. The number of hydrogen-bond acceptors (Lipinski definition) is 0. The first kappa shape index (κ1) is 11.0. The maximum Gasteiger partial charge on any atom is -0.00257 e. The van der Waals surface area contributed by atoms with Gasteiger partial charge in [0, 0.05) is 0 Å². The highest BCUT2D eigenvalue weighted by Gasteiger charge is 2.33. The van der Waals surface area contributed by atoms with Crippen molar-refractivity contribution in [2.75, 3.05) is 0 Å². The van der Waals surface area contributed by atoms with Crippen LogP contribution in [0.15, 0.2) is 23.8 Å². The standard InChI is InChI=1S/C15H24/c1-10(2)13-7-5-11(3)14-8-6-12(4)15(14)9-13/h9,11-14H,1,5-8H2,2-4H3/t11-,12-,13-,14-/m0/s1. The third-order valence-corrected chi connectivity index (χ3v) is 4.55. The van der Waals surface area contributed by atoms with E-state index in [1.54, 1.807) is 5.57 Å². The van der Waals surface area contributed by atoms with Gasteiger partial charge in [-0.1, -0.05) is 37.6 Å². The second-order valence-electron chi connectivity index (χ2n) is 5.76. The van der Waals surface area contributed by atoms with Gasteiger partial charge in [0.15, 0.2) is 0 Å². The third-order valence-electron chi connectivity index (χ3n) is 4.55. The van der Waals surface area contributed by atoms with Crippen molar-refractivity contribution < 1.29 is 0 Å². The summed E-state index contributed by atoms with van der Waals surface area (Å²) < 4.78 is 0. The van der Waals surface area contributed by atoms with E-state index in [0.717, 1.165) is 17.8 Å². The van der Waals surface area contributed by atoms with Gasteiger partial charge in [0.2, 0.25) is 0 Å². The van der Waals surface area contributed by atoms with Crippen LogP contribution in [0.4, 0.5) is 0 Å². The van der Waals surface area contributed by atoms with E-state index >= 15 is 0 Å². The van der Waals surface area contributed by atoms with E-state index in [9.17, 15) is 0 Å². The van der Waals surface area contributed by atoms with Crippen LogP contribution >= 0.6 is 0 Å². The Hall–Kier alpha value is -0.520. The molecule has 0 heteroatoms. The van der Waals surface area contributed by atoms with E-state index < -0.39 is 0 Å². The molecule has 0 bridgehead atoms. The van der Waals surface area contributed by atoms with Gasteiger partial charge in [0.1, 0.15) is 0 Å². The van der Waals surface area contributed by atoms with Crippen LogP contribution in [-0.4, -0.2) is 0 Å². The minimum absolute atomic E-state index is 0.660. The molecule has 0 nitrogen and oxygen atoms in total. The molecular formula is C15H24. The van der Waals surface area contributed by atoms with Gasteiger partial charge in [-0.05, 0) is 56.3 Å². The fourth-order valence-corrected chi connectivity index (χ4v) is 3.38. The number of allylic oxidation sites excluding steroid dienone is 3. The summed E-state index contributed by atoms with van der Waals surface area (Å²) >= 11 is 0. The van der Waals surface area contributed by atoms with E-state index in [4.69, 9.17) is 0 Å². The van der Waals surface area contributed by atoms with Crippen LogP contribution in [0.1, 0.15) is 46.5 Å². The Morgan fingerprint density at radius 1 is 1.20 bits per heavy atom. The average Bonchev–Trinajstić information content (AvgIpc) is 2.43. The lowest BCUT2D eigenvalue weighted by atomic mass is 9.87. The summed E-state index contributed by atoms with van der Waals surface area (Å²) in [5.74, 6) is 3.28. The Labute approximate surface area is 94.5 Å². The smallest absolute Gasteiger partial charge is 0.00257 e. The molecule has 0 N–H and O–H groups in total. The first-order valence-corrected chi connectivity index (χ1v) is 6.46. The summed E-state index contributed by atoms with van der Waals surface area (Å²) in [6.45, 7) is 11.2. The molecular weight excluding hydrogens is 180 g/mol. The van der Waals surface area contributed by atoms with Gasteiger partial charge in [-0.2, -0.15) is 0 Å². The van der Waals surface area contributed by atoms with E-state index in [1.807, 2.05) is 0 Å². The molecule has 2 aliphatic rings. The fraction of sp³-hybridized carbons (Fsp3) is 0.733. The minimum atomic E-state index is 0.660. The Balaban J connectivity index is 2.27. The van der Waals surface area contributed by atoms with Crippen molar-refractivity contribution in [3.8, 4) is 0 Å². The molecule has 0 radical (unpaired) electrons. The molecule has 1 fully saturated rings. The zero-order valence-corrected chi connectivity index (χ0v) is 10.4. The first-order valence-electron chi connectivity index (χ1n) is 6.46. The molecule has 0 aromatic heterocycles.